The Morgan fingerprint density at radius 1 is 1.12 bits per heavy atom. The smallest absolute Gasteiger partial charge is 0.434 e. The number of carbonyl (C=O) groups excluding carboxylic acids is 1. The first-order valence-electron chi connectivity index (χ1n) is 12.5. The SMILES string of the molecule is COc1ccc(Cl)c(-n2c(=O)n(CC3CCC(NC(=O)c4cc(Cl)cnc4C(F)(F)F)CC3)c3cccnc32)c1. The minimum atomic E-state index is -4.79. The number of aromatic nitrogens is 4. The predicted molar refractivity (Wildman–Crippen MR) is 144 cm³/mol. The first kappa shape index (κ1) is 28.0. The molecule has 0 spiro atoms. The molecule has 0 unspecified atom stereocenters. The van der Waals surface area contributed by atoms with Crippen molar-refractivity contribution >= 4 is 40.3 Å². The number of benzene rings is 1. The van der Waals surface area contributed by atoms with Gasteiger partial charge in [-0.2, -0.15) is 13.2 Å². The van der Waals surface area contributed by atoms with Gasteiger partial charge in [0.2, 0.25) is 0 Å². The molecule has 1 aliphatic carbocycles. The van der Waals surface area contributed by atoms with E-state index >= 15 is 0 Å². The highest BCUT2D eigenvalue weighted by Crippen LogP contribution is 2.33. The van der Waals surface area contributed by atoms with Crippen LogP contribution < -0.4 is 15.7 Å². The number of pyridine rings is 2. The third-order valence-electron chi connectivity index (χ3n) is 7.08. The van der Waals surface area contributed by atoms with Crippen molar-refractivity contribution in [1.82, 2.24) is 24.4 Å². The normalized spacial score (nSPS) is 17.6. The second-order valence-corrected chi connectivity index (χ2v) is 10.5. The number of nitrogens with zero attached hydrogens (tertiary/aromatic N) is 4. The molecule has 3 heterocycles. The summed E-state index contributed by atoms with van der Waals surface area (Å²) >= 11 is 12.3. The summed E-state index contributed by atoms with van der Waals surface area (Å²) < 4.78 is 48.5. The number of carbonyl (C=O) groups is 1. The van der Waals surface area contributed by atoms with Gasteiger partial charge in [-0.25, -0.2) is 19.3 Å². The maximum Gasteiger partial charge on any atom is 0.434 e. The van der Waals surface area contributed by atoms with Crippen LogP contribution in [0.3, 0.4) is 0 Å². The van der Waals surface area contributed by atoms with Gasteiger partial charge in [-0.1, -0.05) is 23.2 Å². The molecule has 5 rings (SSSR count). The lowest BCUT2D eigenvalue weighted by molar-refractivity contribution is -0.141. The highest BCUT2D eigenvalue weighted by atomic mass is 35.5. The molecule has 1 fully saturated rings. The number of methoxy groups -OCH3 is 1. The van der Waals surface area contributed by atoms with Crippen molar-refractivity contribution < 1.29 is 22.7 Å². The van der Waals surface area contributed by atoms with Gasteiger partial charge in [-0.3, -0.25) is 9.36 Å². The van der Waals surface area contributed by atoms with Gasteiger partial charge in [0.05, 0.1) is 33.9 Å². The molecule has 1 saturated carbocycles. The van der Waals surface area contributed by atoms with Crippen molar-refractivity contribution in [1.29, 1.82) is 0 Å². The maximum absolute atomic E-state index is 13.6. The number of hydrogen-bond donors (Lipinski definition) is 1. The Hall–Kier alpha value is -3.57. The van der Waals surface area contributed by atoms with Gasteiger partial charge < -0.3 is 10.1 Å². The zero-order valence-electron chi connectivity index (χ0n) is 21.2. The lowest BCUT2D eigenvalue weighted by Crippen LogP contribution is -2.39. The highest BCUT2D eigenvalue weighted by molar-refractivity contribution is 6.32. The fourth-order valence-electron chi connectivity index (χ4n) is 5.12. The van der Waals surface area contributed by atoms with Gasteiger partial charge in [0.15, 0.2) is 11.3 Å². The van der Waals surface area contributed by atoms with E-state index in [0.29, 0.717) is 59.9 Å². The van der Waals surface area contributed by atoms with E-state index < -0.39 is 23.3 Å². The summed E-state index contributed by atoms with van der Waals surface area (Å²) in [6.45, 7) is 0.409. The van der Waals surface area contributed by atoms with Gasteiger partial charge in [0.25, 0.3) is 5.91 Å². The van der Waals surface area contributed by atoms with Crippen LogP contribution in [0.2, 0.25) is 10.0 Å². The second kappa shape index (κ2) is 11.1. The quantitative estimate of drug-likeness (QED) is 0.300. The summed E-state index contributed by atoms with van der Waals surface area (Å²) in [7, 11) is 1.53. The summed E-state index contributed by atoms with van der Waals surface area (Å²) in [5, 5.41) is 3.01. The molecular formula is C27H24Cl2F3N5O3. The van der Waals surface area contributed by atoms with Crippen molar-refractivity contribution in [2.45, 2.75) is 44.4 Å². The van der Waals surface area contributed by atoms with Crippen LogP contribution in [-0.4, -0.2) is 38.2 Å². The summed E-state index contributed by atoms with van der Waals surface area (Å²) in [6, 6.07) is 9.26. The highest BCUT2D eigenvalue weighted by Gasteiger charge is 2.38. The molecule has 210 valence electrons. The zero-order valence-corrected chi connectivity index (χ0v) is 22.7. The molecule has 8 nitrogen and oxygen atoms in total. The van der Waals surface area contributed by atoms with Crippen molar-refractivity contribution in [2.75, 3.05) is 7.11 Å². The maximum atomic E-state index is 13.6. The van der Waals surface area contributed by atoms with E-state index in [4.69, 9.17) is 27.9 Å². The van der Waals surface area contributed by atoms with Gasteiger partial charge in [-0.05, 0) is 61.9 Å². The van der Waals surface area contributed by atoms with Gasteiger partial charge in [-0.15, -0.1) is 0 Å². The average molecular weight is 594 g/mol. The van der Waals surface area contributed by atoms with Crippen LogP contribution in [0.4, 0.5) is 13.2 Å². The average Bonchev–Trinajstić information content (AvgIpc) is 3.20. The van der Waals surface area contributed by atoms with Crippen LogP contribution in [0.1, 0.15) is 41.7 Å². The van der Waals surface area contributed by atoms with E-state index in [9.17, 15) is 22.8 Å². The Kier molecular flexibility index (Phi) is 7.78. The lowest BCUT2D eigenvalue weighted by Gasteiger charge is -2.29. The topological polar surface area (TPSA) is 91.0 Å². The van der Waals surface area contributed by atoms with E-state index in [-0.39, 0.29) is 22.7 Å². The van der Waals surface area contributed by atoms with Crippen LogP contribution in [0, 0.1) is 5.92 Å². The third-order valence-corrected chi connectivity index (χ3v) is 7.60. The molecule has 3 aromatic heterocycles. The Morgan fingerprint density at radius 3 is 2.58 bits per heavy atom. The van der Waals surface area contributed by atoms with Crippen molar-refractivity contribution in [2.24, 2.45) is 5.92 Å². The summed E-state index contributed by atoms with van der Waals surface area (Å²) in [5.41, 5.74) is -0.621. The largest absolute Gasteiger partial charge is 0.497 e. The fraction of sp³-hybridized carbons (Fsp3) is 0.333. The monoisotopic (exact) mass is 593 g/mol. The number of amides is 1. The number of hydrogen-bond acceptors (Lipinski definition) is 5. The number of alkyl halides is 3. The van der Waals surface area contributed by atoms with Crippen LogP contribution in [0.25, 0.3) is 16.9 Å². The van der Waals surface area contributed by atoms with Crippen molar-refractivity contribution in [3.05, 3.63) is 80.6 Å². The Labute approximate surface area is 236 Å². The molecule has 1 amide bonds. The molecule has 0 aliphatic heterocycles. The molecule has 1 aliphatic rings. The zero-order chi connectivity index (χ0) is 28.6. The fourth-order valence-corrected chi connectivity index (χ4v) is 5.48. The first-order valence-corrected chi connectivity index (χ1v) is 13.3. The minimum absolute atomic E-state index is 0.0591. The van der Waals surface area contributed by atoms with Crippen molar-refractivity contribution in [3.8, 4) is 11.4 Å². The lowest BCUT2D eigenvalue weighted by atomic mass is 9.85. The van der Waals surface area contributed by atoms with E-state index in [1.807, 2.05) is 6.07 Å². The molecular weight excluding hydrogens is 570 g/mol. The molecule has 0 radical (unpaired) electrons. The number of halogens is 5. The van der Waals surface area contributed by atoms with E-state index in [1.165, 1.54) is 11.7 Å². The molecule has 1 aromatic carbocycles. The predicted octanol–water partition coefficient (Wildman–Crippen LogP) is 5.91. The van der Waals surface area contributed by atoms with Crippen LogP contribution in [-0.2, 0) is 12.7 Å². The summed E-state index contributed by atoms with van der Waals surface area (Å²) in [5.74, 6) is -0.227. The number of imidazole rings is 1. The Morgan fingerprint density at radius 2 is 1.88 bits per heavy atom. The van der Waals surface area contributed by atoms with Crippen LogP contribution in [0.5, 0.6) is 5.75 Å². The standard InChI is InChI=1S/C27H24Cl2F3N5O3/c1-40-18-8-9-20(29)22(12-18)37-24-21(3-2-10-33-24)36(26(37)39)14-15-4-6-17(7-5-15)35-25(38)19-11-16(28)13-34-23(19)27(30,31)32/h2-3,8-13,15,17H,4-7,14H2,1H3,(H,35,38). The van der Waals surface area contributed by atoms with E-state index in [0.717, 1.165) is 12.3 Å². The third kappa shape index (κ3) is 5.53. The molecule has 1 N–H and O–H groups in total. The molecule has 0 saturated heterocycles. The van der Waals surface area contributed by atoms with Crippen LogP contribution >= 0.6 is 23.2 Å². The minimum Gasteiger partial charge on any atom is -0.497 e. The number of rotatable bonds is 6. The molecule has 4 aromatic rings. The second-order valence-electron chi connectivity index (χ2n) is 9.63. The van der Waals surface area contributed by atoms with Gasteiger partial charge in [0.1, 0.15) is 5.75 Å². The van der Waals surface area contributed by atoms with Gasteiger partial charge in [0, 0.05) is 31.0 Å². The number of fused-ring (bicyclic) bond motifs is 1. The van der Waals surface area contributed by atoms with Crippen LogP contribution in [0.15, 0.2) is 53.6 Å². The van der Waals surface area contributed by atoms with Gasteiger partial charge >= 0.3 is 11.9 Å². The first-order chi connectivity index (χ1) is 19.1. The molecule has 13 heteroatoms. The summed E-state index contributed by atoms with van der Waals surface area (Å²) in [4.78, 5) is 34.1. The van der Waals surface area contributed by atoms with E-state index in [1.54, 1.807) is 35.0 Å². The Bertz CT molecular complexity index is 1630. The number of ether oxygens (including phenoxy) is 1. The Balaban J connectivity index is 1.33. The summed E-state index contributed by atoms with van der Waals surface area (Å²) in [6.07, 6.45) is 0.0745. The molecule has 0 atom stereocenters. The molecule has 40 heavy (non-hydrogen) atoms. The number of nitrogens with one attached hydrogen (secondary N) is 1. The van der Waals surface area contributed by atoms with Crippen molar-refractivity contribution in [3.63, 3.8) is 0 Å². The molecule has 0 bridgehead atoms. The van der Waals surface area contributed by atoms with E-state index in [2.05, 4.69) is 15.3 Å².